The first-order valence-corrected chi connectivity index (χ1v) is 24.1. The number of likely N-dealkylation sites (tertiary alicyclic amines) is 1. The van der Waals surface area contributed by atoms with Crippen LogP contribution in [0.1, 0.15) is 90.1 Å². The van der Waals surface area contributed by atoms with Crippen LogP contribution in [0.5, 0.6) is 0 Å². The maximum atomic E-state index is 14.4. The highest BCUT2D eigenvalue weighted by Crippen LogP contribution is 2.42. The molecule has 17 heteroatoms. The molecule has 4 aromatic rings. The highest BCUT2D eigenvalue weighted by Gasteiger charge is 2.39. The smallest absolute Gasteiger partial charge is 0.293 e. The van der Waals surface area contributed by atoms with Crippen molar-refractivity contribution in [2.24, 2.45) is 17.3 Å². The van der Waals surface area contributed by atoms with Crippen molar-refractivity contribution in [3.63, 3.8) is 0 Å². The Balaban J connectivity index is 1.33. The van der Waals surface area contributed by atoms with Gasteiger partial charge in [-0.25, -0.2) is 10.4 Å². The van der Waals surface area contributed by atoms with Gasteiger partial charge in [-0.2, -0.15) is 0 Å². The minimum Gasteiger partial charge on any atom is -0.467 e. The zero-order valence-electron chi connectivity index (χ0n) is 40.3. The largest absolute Gasteiger partial charge is 0.467 e. The number of fused-ring (bicyclic) bond motifs is 1. The summed E-state index contributed by atoms with van der Waals surface area (Å²) in [4.78, 5) is 79.6. The molecule has 2 saturated heterocycles. The van der Waals surface area contributed by atoms with Gasteiger partial charge in [0.2, 0.25) is 17.7 Å². The van der Waals surface area contributed by atoms with Crippen molar-refractivity contribution in [3.8, 4) is 22.5 Å². The molecular weight excluding hydrogens is 859 g/mol. The molecule has 0 radical (unpaired) electrons. The summed E-state index contributed by atoms with van der Waals surface area (Å²) in [5.74, 6) is -1.65. The molecule has 5 heterocycles. The number of aryl methyl sites for hydroxylation is 1. The lowest BCUT2D eigenvalue weighted by Crippen LogP contribution is -2.60. The molecule has 358 valence electrons. The minimum atomic E-state index is -0.964. The Morgan fingerprint density at radius 1 is 1.12 bits per heavy atom. The van der Waals surface area contributed by atoms with Crippen molar-refractivity contribution in [1.29, 1.82) is 0 Å². The predicted octanol–water partition coefficient (Wildman–Crippen LogP) is 5.39. The molecule has 66 heavy (non-hydrogen) atoms. The summed E-state index contributed by atoms with van der Waals surface area (Å²) in [6.07, 6.45) is 4.53. The Hall–Kier alpha value is -5.23. The maximum absolute atomic E-state index is 14.4. The van der Waals surface area contributed by atoms with Gasteiger partial charge in [-0.1, -0.05) is 33.8 Å². The summed E-state index contributed by atoms with van der Waals surface area (Å²) in [5, 5.41) is 11.3. The molecule has 2 aliphatic rings. The van der Waals surface area contributed by atoms with Gasteiger partial charge in [-0.3, -0.25) is 34.0 Å². The van der Waals surface area contributed by atoms with Gasteiger partial charge >= 0.3 is 0 Å². The second-order valence-electron chi connectivity index (χ2n) is 18.9. The molecular formula is C49H69N9O7S. The average Bonchev–Trinajstić information content (AvgIpc) is 4.05. The third-order valence-corrected chi connectivity index (χ3v) is 13.8. The molecule has 0 aliphatic carbocycles. The zero-order valence-corrected chi connectivity index (χ0v) is 41.1. The summed E-state index contributed by atoms with van der Waals surface area (Å²) in [6, 6.07) is 8.63. The number of pyridine rings is 1. The van der Waals surface area contributed by atoms with Gasteiger partial charge < -0.3 is 34.5 Å². The molecule has 6 rings (SSSR count). The first-order valence-electron chi connectivity index (χ1n) is 23.2. The Kier molecular flexibility index (Phi) is 16.8. The van der Waals surface area contributed by atoms with E-state index in [4.69, 9.17) is 19.4 Å². The van der Waals surface area contributed by atoms with Crippen LogP contribution in [0.3, 0.4) is 0 Å². The average molecular weight is 928 g/mol. The third-order valence-electron chi connectivity index (χ3n) is 12.9. The third kappa shape index (κ3) is 11.3. The number of amides is 4. The number of aromatic nitrogens is 3. The molecule has 0 spiro atoms. The summed E-state index contributed by atoms with van der Waals surface area (Å²) < 4.78 is 13.4. The van der Waals surface area contributed by atoms with Crippen molar-refractivity contribution in [2.45, 2.75) is 111 Å². The highest BCUT2D eigenvalue weighted by atomic mass is 32.1. The van der Waals surface area contributed by atoms with Gasteiger partial charge in [0.1, 0.15) is 12.1 Å². The standard InChI is InChI=1S/C49H69N9O7S/c1-11-57-40-17-16-33(22-36(40)37(24-49(6,7)28-65-29-59)45(57)35-15-12-19-51-43(35)32(5)64-10)39-27-66-41(52-39)23-38(48(63)58-20-13-14-31(4)54-58)53-46(61)44(30(2)3)55(9)47(62)34-18-21-56(26-34)42(60)25-50-8/h12,15-17,19,22,27,29-32,34,38,44,50,54H,11,13-14,18,20-21,23-26,28H2,1-10H3,(H,53,61)/t31-,32?,34?,38?,44?/m1/s1. The van der Waals surface area contributed by atoms with E-state index < -0.39 is 29.3 Å². The number of hydrazine groups is 1. The SMILES string of the molecule is CCn1c(-c2cccnc2C(C)OC)c(CC(C)(C)COC=O)c2cc(-c3csc(CC(NC(=O)C(C(C)C)N(C)C(=O)C4CCN(C(=O)CNC)C4)C(=O)N4CCC[C@@H](C)N4)n3)ccc21. The van der Waals surface area contributed by atoms with Crippen LogP contribution in [0.25, 0.3) is 33.4 Å². The van der Waals surface area contributed by atoms with Gasteiger partial charge in [0.15, 0.2) is 0 Å². The summed E-state index contributed by atoms with van der Waals surface area (Å²) in [5.41, 5.74) is 9.48. The molecule has 2 fully saturated rings. The fraction of sp³-hybridized carbons (Fsp3) is 0.571. The predicted molar refractivity (Wildman–Crippen MR) is 256 cm³/mol. The molecule has 16 nitrogen and oxygen atoms in total. The fourth-order valence-corrected chi connectivity index (χ4v) is 10.4. The Labute approximate surface area is 393 Å². The number of thiazole rings is 1. The van der Waals surface area contributed by atoms with E-state index in [-0.39, 0.29) is 55.4 Å². The van der Waals surface area contributed by atoms with E-state index in [1.807, 2.05) is 39.1 Å². The molecule has 0 saturated carbocycles. The number of hydrogen-bond acceptors (Lipinski definition) is 12. The topological polar surface area (TPSA) is 180 Å². The van der Waals surface area contributed by atoms with Crippen LogP contribution in [0.2, 0.25) is 0 Å². The lowest BCUT2D eigenvalue weighted by atomic mass is 9.84. The minimum absolute atomic E-state index is 0.0645. The fourth-order valence-electron chi connectivity index (χ4n) is 9.53. The number of carbonyl (C=O) groups is 5. The zero-order chi connectivity index (χ0) is 47.9. The lowest BCUT2D eigenvalue weighted by Gasteiger charge is -2.36. The van der Waals surface area contributed by atoms with Crippen LogP contribution in [0.15, 0.2) is 41.9 Å². The molecule has 1 aromatic carbocycles. The Bertz CT molecular complexity index is 2360. The molecule has 4 amide bonds. The van der Waals surface area contributed by atoms with E-state index in [1.165, 1.54) is 16.2 Å². The number of ether oxygens (including phenoxy) is 2. The van der Waals surface area contributed by atoms with Gasteiger partial charge in [-0.05, 0) is 89.2 Å². The monoisotopic (exact) mass is 928 g/mol. The highest BCUT2D eigenvalue weighted by molar-refractivity contribution is 7.10. The molecule has 4 unspecified atom stereocenters. The second-order valence-corrected chi connectivity index (χ2v) is 19.9. The Morgan fingerprint density at radius 3 is 2.58 bits per heavy atom. The van der Waals surface area contributed by atoms with E-state index >= 15 is 0 Å². The van der Waals surface area contributed by atoms with Gasteiger partial charge in [0.25, 0.3) is 12.4 Å². The molecule has 3 aromatic heterocycles. The molecule has 5 atom stereocenters. The van der Waals surface area contributed by atoms with E-state index in [9.17, 15) is 24.0 Å². The molecule has 2 aliphatic heterocycles. The van der Waals surface area contributed by atoms with E-state index in [0.717, 1.165) is 57.5 Å². The van der Waals surface area contributed by atoms with Crippen LogP contribution in [-0.4, -0.2) is 132 Å². The van der Waals surface area contributed by atoms with Crippen molar-refractivity contribution < 1.29 is 33.4 Å². The number of methoxy groups -OCH3 is 1. The van der Waals surface area contributed by atoms with Crippen molar-refractivity contribution in [3.05, 3.63) is 58.2 Å². The van der Waals surface area contributed by atoms with Gasteiger partial charge in [0.05, 0.1) is 47.3 Å². The number of benzene rings is 1. The van der Waals surface area contributed by atoms with Crippen LogP contribution in [0, 0.1) is 17.3 Å². The first kappa shape index (κ1) is 50.2. The number of rotatable bonds is 20. The van der Waals surface area contributed by atoms with E-state index in [1.54, 1.807) is 37.3 Å². The quantitative estimate of drug-likeness (QED) is 0.0969. The van der Waals surface area contributed by atoms with Crippen LogP contribution in [0.4, 0.5) is 0 Å². The summed E-state index contributed by atoms with van der Waals surface area (Å²) in [7, 11) is 5.03. The van der Waals surface area contributed by atoms with Crippen molar-refractivity contribution in [2.75, 3.05) is 54.0 Å². The summed E-state index contributed by atoms with van der Waals surface area (Å²) in [6.45, 7) is 17.0. The Morgan fingerprint density at radius 2 is 1.89 bits per heavy atom. The number of nitrogens with zero attached hydrogens (tertiary/aromatic N) is 6. The van der Waals surface area contributed by atoms with Gasteiger partial charge in [-0.15, -0.1) is 11.3 Å². The molecule has 0 bridgehead atoms. The van der Waals surface area contributed by atoms with E-state index in [2.05, 4.69) is 65.7 Å². The van der Waals surface area contributed by atoms with Crippen molar-refractivity contribution >= 4 is 52.3 Å². The van der Waals surface area contributed by atoms with Crippen LogP contribution in [-0.2, 0) is 52.8 Å². The van der Waals surface area contributed by atoms with Crippen molar-refractivity contribution in [1.82, 2.24) is 45.4 Å². The number of likely N-dealkylation sites (N-methyl/N-ethyl adjacent to an activating group) is 2. The normalized spacial score (nSPS) is 18.0. The second kappa shape index (κ2) is 22.0. The van der Waals surface area contributed by atoms with Gasteiger partial charge in [0, 0.05) is 91.8 Å². The number of nitrogens with one attached hydrogen (secondary N) is 3. The lowest BCUT2D eigenvalue weighted by molar-refractivity contribution is -0.146. The number of hydrogen-bond donors (Lipinski definition) is 3. The maximum Gasteiger partial charge on any atom is 0.293 e. The van der Waals surface area contributed by atoms with Crippen LogP contribution >= 0.6 is 11.3 Å². The van der Waals surface area contributed by atoms with Crippen LogP contribution < -0.4 is 16.1 Å². The first-order chi connectivity index (χ1) is 31.5. The van der Waals surface area contributed by atoms with E-state index in [0.29, 0.717) is 50.5 Å². The summed E-state index contributed by atoms with van der Waals surface area (Å²) >= 11 is 1.43. The molecule has 3 N–H and O–H groups in total. The number of carbonyl (C=O) groups excluding carboxylic acids is 5.